The molecule has 3 aromatic rings. The van der Waals surface area contributed by atoms with Crippen LogP contribution in [0.25, 0.3) is 10.8 Å². The van der Waals surface area contributed by atoms with Crippen molar-refractivity contribution < 1.29 is 0 Å². The molecular weight excluding hydrogens is 302 g/mol. The van der Waals surface area contributed by atoms with Gasteiger partial charge in [-0.3, -0.25) is 0 Å². The molecule has 0 aliphatic heterocycles. The maximum Gasteiger partial charge on any atom is 0.107 e. The lowest BCUT2D eigenvalue weighted by atomic mass is 10.0. The van der Waals surface area contributed by atoms with Gasteiger partial charge in [0.15, 0.2) is 0 Å². The number of imidazole rings is 1. The highest BCUT2D eigenvalue weighted by Gasteiger charge is 2.09. The van der Waals surface area contributed by atoms with Crippen LogP contribution in [0, 0.1) is 0 Å². The monoisotopic (exact) mass is 315 g/mol. The van der Waals surface area contributed by atoms with Gasteiger partial charge in [-0.2, -0.15) is 0 Å². The number of aromatic amines is 1. The van der Waals surface area contributed by atoms with E-state index in [4.69, 9.17) is 5.73 Å². The van der Waals surface area contributed by atoms with Crippen LogP contribution in [0.5, 0.6) is 0 Å². The number of benzene rings is 2. The Kier molecular flexibility index (Phi) is 3.36. The predicted molar refractivity (Wildman–Crippen MR) is 80.9 cm³/mol. The van der Waals surface area contributed by atoms with Crippen LogP contribution in [0.2, 0.25) is 0 Å². The zero-order valence-electron chi connectivity index (χ0n) is 10.3. The first-order valence-corrected chi connectivity index (χ1v) is 6.95. The minimum absolute atomic E-state index is 0.0424. The van der Waals surface area contributed by atoms with Gasteiger partial charge in [0.1, 0.15) is 5.82 Å². The molecule has 2 aromatic carbocycles. The maximum absolute atomic E-state index is 6.24. The van der Waals surface area contributed by atoms with E-state index in [0.717, 1.165) is 22.3 Å². The van der Waals surface area contributed by atoms with E-state index in [-0.39, 0.29) is 6.04 Å². The molecular formula is C15H14BrN3. The fourth-order valence-electron chi connectivity index (χ4n) is 2.20. The molecule has 3 nitrogen and oxygen atoms in total. The molecule has 0 aliphatic carbocycles. The summed E-state index contributed by atoms with van der Waals surface area (Å²) < 4.78 is 1.09. The quantitative estimate of drug-likeness (QED) is 0.776. The summed E-state index contributed by atoms with van der Waals surface area (Å²) in [5, 5.41) is 2.42. The molecule has 0 saturated carbocycles. The van der Waals surface area contributed by atoms with Gasteiger partial charge in [-0.05, 0) is 34.5 Å². The summed E-state index contributed by atoms with van der Waals surface area (Å²) >= 11 is 3.48. The van der Waals surface area contributed by atoms with Crippen LogP contribution < -0.4 is 5.73 Å². The summed E-state index contributed by atoms with van der Waals surface area (Å²) in [7, 11) is 0. The van der Waals surface area contributed by atoms with Crippen molar-refractivity contribution in [1.82, 2.24) is 9.97 Å². The first kappa shape index (κ1) is 12.4. The molecule has 0 saturated heterocycles. The lowest BCUT2D eigenvalue weighted by Gasteiger charge is -2.11. The summed E-state index contributed by atoms with van der Waals surface area (Å²) in [6.07, 6.45) is 4.29. The van der Waals surface area contributed by atoms with Gasteiger partial charge >= 0.3 is 0 Å². The van der Waals surface area contributed by atoms with Gasteiger partial charge in [-0.25, -0.2) is 4.98 Å². The van der Waals surface area contributed by atoms with Crippen LogP contribution in [0.15, 0.2) is 53.3 Å². The number of halogens is 1. The summed E-state index contributed by atoms with van der Waals surface area (Å²) in [4.78, 5) is 7.30. The van der Waals surface area contributed by atoms with Crippen LogP contribution in [0.4, 0.5) is 0 Å². The molecule has 1 heterocycles. The van der Waals surface area contributed by atoms with Crippen molar-refractivity contribution >= 4 is 26.7 Å². The van der Waals surface area contributed by atoms with E-state index in [2.05, 4.69) is 56.2 Å². The van der Waals surface area contributed by atoms with Gasteiger partial charge < -0.3 is 10.7 Å². The number of aromatic nitrogens is 2. The molecule has 1 atom stereocenters. The minimum Gasteiger partial charge on any atom is -0.349 e. The number of hydrogen-bond acceptors (Lipinski definition) is 2. The number of rotatable bonds is 3. The lowest BCUT2D eigenvalue weighted by molar-refractivity contribution is 0.695. The van der Waals surface area contributed by atoms with E-state index in [0.29, 0.717) is 0 Å². The summed E-state index contributed by atoms with van der Waals surface area (Å²) in [5.74, 6) is 0.920. The van der Waals surface area contributed by atoms with Gasteiger partial charge in [0.2, 0.25) is 0 Å². The molecule has 0 aliphatic rings. The Labute approximate surface area is 120 Å². The van der Waals surface area contributed by atoms with Crippen LogP contribution in [-0.4, -0.2) is 9.97 Å². The highest BCUT2D eigenvalue weighted by Crippen LogP contribution is 2.23. The highest BCUT2D eigenvalue weighted by atomic mass is 79.9. The molecule has 0 spiro atoms. The standard InChI is InChI=1S/C15H14BrN3/c16-13-4-3-10-7-12(2-1-11(10)8-13)14(17)9-15-18-5-6-19-15/h1-8,14H,9,17H2,(H,18,19). The number of nitrogens with two attached hydrogens (primary N) is 1. The Morgan fingerprint density at radius 3 is 2.74 bits per heavy atom. The third kappa shape index (κ3) is 2.69. The van der Waals surface area contributed by atoms with E-state index < -0.39 is 0 Å². The molecule has 96 valence electrons. The van der Waals surface area contributed by atoms with Crippen LogP contribution in [0.3, 0.4) is 0 Å². The molecule has 0 amide bonds. The second kappa shape index (κ2) is 5.15. The normalized spacial score (nSPS) is 12.7. The van der Waals surface area contributed by atoms with Crippen molar-refractivity contribution in [2.75, 3.05) is 0 Å². The first-order valence-electron chi connectivity index (χ1n) is 6.15. The van der Waals surface area contributed by atoms with Crippen molar-refractivity contribution in [2.45, 2.75) is 12.5 Å². The number of nitrogens with zero attached hydrogens (tertiary/aromatic N) is 1. The van der Waals surface area contributed by atoms with E-state index in [1.807, 2.05) is 12.3 Å². The number of nitrogens with one attached hydrogen (secondary N) is 1. The Hall–Kier alpha value is -1.65. The molecule has 3 rings (SSSR count). The van der Waals surface area contributed by atoms with Crippen LogP contribution in [0.1, 0.15) is 17.4 Å². The second-order valence-corrected chi connectivity index (χ2v) is 5.51. The smallest absolute Gasteiger partial charge is 0.107 e. The summed E-state index contributed by atoms with van der Waals surface area (Å²) in [6, 6.07) is 12.6. The van der Waals surface area contributed by atoms with E-state index >= 15 is 0 Å². The van der Waals surface area contributed by atoms with Gasteiger partial charge in [0.05, 0.1) is 0 Å². The Morgan fingerprint density at radius 2 is 1.95 bits per heavy atom. The predicted octanol–water partition coefficient (Wildman–Crippen LogP) is 3.57. The Bertz CT molecular complexity index is 692. The zero-order chi connectivity index (χ0) is 13.2. The van der Waals surface area contributed by atoms with Gasteiger partial charge in [-0.1, -0.05) is 34.1 Å². The van der Waals surface area contributed by atoms with Crippen molar-refractivity contribution in [1.29, 1.82) is 0 Å². The van der Waals surface area contributed by atoms with Crippen molar-refractivity contribution in [3.8, 4) is 0 Å². The topological polar surface area (TPSA) is 54.7 Å². The zero-order valence-corrected chi connectivity index (χ0v) is 11.9. The van der Waals surface area contributed by atoms with Crippen LogP contribution >= 0.6 is 15.9 Å². The summed E-state index contributed by atoms with van der Waals surface area (Å²) in [5.41, 5.74) is 7.37. The fraction of sp³-hybridized carbons (Fsp3) is 0.133. The van der Waals surface area contributed by atoms with E-state index in [9.17, 15) is 0 Å². The average molecular weight is 316 g/mol. The third-order valence-electron chi connectivity index (χ3n) is 3.22. The molecule has 19 heavy (non-hydrogen) atoms. The Balaban J connectivity index is 1.90. The molecule has 0 bridgehead atoms. The lowest BCUT2D eigenvalue weighted by Crippen LogP contribution is -2.14. The molecule has 0 radical (unpaired) electrons. The first-order chi connectivity index (χ1) is 9.22. The van der Waals surface area contributed by atoms with Crippen molar-refractivity contribution in [3.05, 3.63) is 64.7 Å². The van der Waals surface area contributed by atoms with Crippen LogP contribution in [-0.2, 0) is 6.42 Å². The molecule has 0 fully saturated rings. The molecule has 4 heteroatoms. The fourth-order valence-corrected chi connectivity index (χ4v) is 2.58. The van der Waals surface area contributed by atoms with Crippen molar-refractivity contribution in [3.63, 3.8) is 0 Å². The SMILES string of the molecule is NC(Cc1ncc[nH]1)c1ccc2cc(Br)ccc2c1. The highest BCUT2D eigenvalue weighted by molar-refractivity contribution is 9.10. The third-order valence-corrected chi connectivity index (χ3v) is 3.72. The second-order valence-electron chi connectivity index (χ2n) is 4.60. The van der Waals surface area contributed by atoms with Gasteiger partial charge in [-0.15, -0.1) is 0 Å². The average Bonchev–Trinajstić information content (AvgIpc) is 2.91. The molecule has 3 N–H and O–H groups in total. The van der Waals surface area contributed by atoms with Gasteiger partial charge in [0, 0.05) is 29.3 Å². The van der Waals surface area contributed by atoms with Crippen molar-refractivity contribution in [2.24, 2.45) is 5.73 Å². The number of H-pyrrole nitrogens is 1. The molecule has 1 unspecified atom stereocenters. The van der Waals surface area contributed by atoms with E-state index in [1.54, 1.807) is 6.20 Å². The maximum atomic E-state index is 6.24. The van der Waals surface area contributed by atoms with E-state index in [1.165, 1.54) is 10.8 Å². The number of hydrogen-bond donors (Lipinski definition) is 2. The minimum atomic E-state index is -0.0424. The summed E-state index contributed by atoms with van der Waals surface area (Å²) in [6.45, 7) is 0. The Morgan fingerprint density at radius 1 is 1.16 bits per heavy atom. The number of fused-ring (bicyclic) bond motifs is 1. The van der Waals surface area contributed by atoms with Gasteiger partial charge in [0.25, 0.3) is 0 Å². The molecule has 1 aromatic heterocycles. The largest absolute Gasteiger partial charge is 0.349 e.